The van der Waals surface area contributed by atoms with E-state index in [0.717, 1.165) is 43.1 Å². The van der Waals surface area contributed by atoms with Gasteiger partial charge in [-0.15, -0.1) is 10.2 Å². The average Bonchev–Trinajstić information content (AvgIpc) is 3.12. The number of hydrogen-bond donors (Lipinski definition) is 1. The van der Waals surface area contributed by atoms with Crippen LogP contribution in [-0.4, -0.2) is 30.1 Å². The molecule has 7 heteroatoms. The Morgan fingerprint density at radius 1 is 1.25 bits per heavy atom. The van der Waals surface area contributed by atoms with E-state index in [4.69, 9.17) is 0 Å². The SMILES string of the molecule is CC(NC(=O)c1cn2ccccc2n1)c1nnc2n1CCCCC2. The molecule has 124 valence electrons. The summed E-state index contributed by atoms with van der Waals surface area (Å²) >= 11 is 0. The van der Waals surface area contributed by atoms with Crippen molar-refractivity contribution in [3.63, 3.8) is 0 Å². The molecule has 1 unspecified atom stereocenters. The minimum atomic E-state index is -0.207. The number of carbonyl (C=O) groups is 1. The summed E-state index contributed by atoms with van der Waals surface area (Å²) in [7, 11) is 0. The second kappa shape index (κ2) is 6.07. The van der Waals surface area contributed by atoms with Crippen molar-refractivity contribution in [2.45, 2.75) is 45.2 Å². The Balaban J connectivity index is 1.54. The minimum absolute atomic E-state index is 0.197. The highest BCUT2D eigenvalue weighted by Crippen LogP contribution is 2.19. The van der Waals surface area contributed by atoms with Gasteiger partial charge in [-0.3, -0.25) is 4.79 Å². The molecule has 0 saturated heterocycles. The molecule has 24 heavy (non-hydrogen) atoms. The van der Waals surface area contributed by atoms with Crippen molar-refractivity contribution < 1.29 is 4.79 Å². The number of carbonyl (C=O) groups excluding carboxylic acids is 1. The quantitative estimate of drug-likeness (QED) is 0.801. The third-order valence-electron chi connectivity index (χ3n) is 4.47. The fourth-order valence-electron chi connectivity index (χ4n) is 3.21. The Hall–Kier alpha value is -2.70. The second-order valence-electron chi connectivity index (χ2n) is 6.22. The van der Waals surface area contributed by atoms with Gasteiger partial charge < -0.3 is 14.3 Å². The number of rotatable bonds is 3. The monoisotopic (exact) mass is 324 g/mol. The Kier molecular flexibility index (Phi) is 3.76. The predicted octanol–water partition coefficient (Wildman–Crippen LogP) is 2.14. The summed E-state index contributed by atoms with van der Waals surface area (Å²) in [6, 6.07) is 5.47. The fraction of sp³-hybridized carbons (Fsp3) is 0.412. The molecule has 0 aromatic carbocycles. The van der Waals surface area contributed by atoms with Crippen molar-refractivity contribution in [2.75, 3.05) is 0 Å². The van der Waals surface area contributed by atoms with Crippen molar-refractivity contribution in [1.82, 2.24) is 29.5 Å². The normalized spacial score (nSPS) is 15.7. The van der Waals surface area contributed by atoms with Gasteiger partial charge in [0.1, 0.15) is 17.2 Å². The summed E-state index contributed by atoms with van der Waals surface area (Å²) in [5, 5.41) is 11.6. The molecule has 0 spiro atoms. The maximum absolute atomic E-state index is 12.5. The molecule has 0 fully saturated rings. The lowest BCUT2D eigenvalue weighted by atomic mass is 10.2. The summed E-state index contributed by atoms with van der Waals surface area (Å²) < 4.78 is 3.99. The molecule has 7 nitrogen and oxygen atoms in total. The van der Waals surface area contributed by atoms with Crippen molar-refractivity contribution >= 4 is 11.6 Å². The summed E-state index contributed by atoms with van der Waals surface area (Å²) in [6.07, 6.45) is 8.07. The zero-order valence-electron chi connectivity index (χ0n) is 13.6. The van der Waals surface area contributed by atoms with Crippen LogP contribution < -0.4 is 5.32 Å². The van der Waals surface area contributed by atoms with Crippen molar-refractivity contribution in [1.29, 1.82) is 0 Å². The number of hydrogen-bond acceptors (Lipinski definition) is 4. The largest absolute Gasteiger partial charge is 0.341 e. The number of aromatic nitrogens is 5. The van der Waals surface area contributed by atoms with Crippen molar-refractivity contribution in [3.8, 4) is 0 Å². The molecule has 0 radical (unpaired) electrons. The molecule has 3 aromatic rings. The maximum Gasteiger partial charge on any atom is 0.272 e. The molecule has 0 saturated carbocycles. The van der Waals surface area contributed by atoms with Gasteiger partial charge in [-0.05, 0) is 31.9 Å². The van der Waals surface area contributed by atoms with Gasteiger partial charge in [-0.25, -0.2) is 4.98 Å². The Labute approximate surface area is 139 Å². The van der Waals surface area contributed by atoms with Crippen LogP contribution in [0.4, 0.5) is 0 Å². The van der Waals surface area contributed by atoms with E-state index < -0.39 is 0 Å². The molecule has 4 rings (SSSR count). The molecule has 0 aliphatic carbocycles. The van der Waals surface area contributed by atoms with Gasteiger partial charge in [0.2, 0.25) is 0 Å². The summed E-state index contributed by atoms with van der Waals surface area (Å²) in [5.41, 5.74) is 1.16. The standard InChI is InChI=1S/C17H20N6O/c1-12(16-21-20-15-8-3-2-5-10-23(15)16)18-17(24)13-11-22-9-6-4-7-14(22)19-13/h4,6-7,9,11-12H,2-3,5,8,10H2,1H3,(H,18,24). The first-order valence-corrected chi connectivity index (χ1v) is 8.39. The first-order chi connectivity index (χ1) is 11.7. The lowest BCUT2D eigenvalue weighted by Crippen LogP contribution is -2.29. The van der Waals surface area contributed by atoms with E-state index in [1.807, 2.05) is 35.7 Å². The van der Waals surface area contributed by atoms with Gasteiger partial charge >= 0.3 is 0 Å². The molecule has 4 heterocycles. The molecule has 3 aromatic heterocycles. The van der Waals surface area contributed by atoms with E-state index in [-0.39, 0.29) is 11.9 Å². The molecule has 1 N–H and O–H groups in total. The Morgan fingerprint density at radius 3 is 3.04 bits per heavy atom. The van der Waals surface area contributed by atoms with E-state index in [2.05, 4.69) is 25.1 Å². The summed E-state index contributed by atoms with van der Waals surface area (Å²) in [6.45, 7) is 2.86. The molecule has 1 atom stereocenters. The number of amides is 1. The number of fused-ring (bicyclic) bond motifs is 2. The fourth-order valence-corrected chi connectivity index (χ4v) is 3.21. The van der Waals surface area contributed by atoms with Crippen LogP contribution in [0, 0.1) is 0 Å². The molecule has 1 amide bonds. The van der Waals surface area contributed by atoms with Crippen LogP contribution in [0.15, 0.2) is 30.6 Å². The highest BCUT2D eigenvalue weighted by molar-refractivity contribution is 5.93. The van der Waals surface area contributed by atoms with E-state index in [1.165, 1.54) is 6.42 Å². The van der Waals surface area contributed by atoms with E-state index in [1.54, 1.807) is 6.20 Å². The zero-order chi connectivity index (χ0) is 16.5. The summed E-state index contributed by atoms with van der Waals surface area (Å²) in [5.74, 6) is 1.65. The predicted molar refractivity (Wildman–Crippen MR) is 88.7 cm³/mol. The van der Waals surface area contributed by atoms with Crippen LogP contribution in [0.2, 0.25) is 0 Å². The van der Waals surface area contributed by atoms with Crippen LogP contribution in [0.5, 0.6) is 0 Å². The molecule has 1 aliphatic rings. The average molecular weight is 324 g/mol. The van der Waals surface area contributed by atoms with Gasteiger partial charge in [-0.2, -0.15) is 0 Å². The van der Waals surface area contributed by atoms with Crippen molar-refractivity contribution in [3.05, 3.63) is 47.9 Å². The number of imidazole rings is 1. The lowest BCUT2D eigenvalue weighted by molar-refractivity contribution is 0.0933. The third kappa shape index (κ3) is 2.66. The first-order valence-electron chi connectivity index (χ1n) is 8.39. The number of aryl methyl sites for hydroxylation is 1. The zero-order valence-corrected chi connectivity index (χ0v) is 13.6. The van der Waals surface area contributed by atoms with E-state index in [0.29, 0.717) is 5.69 Å². The highest BCUT2D eigenvalue weighted by Gasteiger charge is 2.21. The maximum atomic E-state index is 12.5. The second-order valence-corrected chi connectivity index (χ2v) is 6.22. The van der Waals surface area contributed by atoms with Gasteiger partial charge in [0, 0.05) is 25.4 Å². The summed E-state index contributed by atoms with van der Waals surface area (Å²) in [4.78, 5) is 16.9. The van der Waals surface area contributed by atoms with Crippen LogP contribution in [0.1, 0.15) is 54.4 Å². The Bertz CT molecular complexity index is 847. The molecular formula is C17H20N6O. The molecular weight excluding hydrogens is 304 g/mol. The first kappa shape index (κ1) is 14.9. The minimum Gasteiger partial charge on any atom is -0.341 e. The van der Waals surface area contributed by atoms with Gasteiger partial charge in [-0.1, -0.05) is 12.5 Å². The highest BCUT2D eigenvalue weighted by atomic mass is 16.2. The van der Waals surface area contributed by atoms with Crippen LogP contribution in [0.25, 0.3) is 5.65 Å². The molecule has 1 aliphatic heterocycles. The number of pyridine rings is 1. The van der Waals surface area contributed by atoms with Crippen LogP contribution >= 0.6 is 0 Å². The van der Waals surface area contributed by atoms with E-state index >= 15 is 0 Å². The van der Waals surface area contributed by atoms with Gasteiger partial charge in [0.05, 0.1) is 6.04 Å². The molecule has 0 bridgehead atoms. The Morgan fingerprint density at radius 2 is 2.17 bits per heavy atom. The lowest BCUT2D eigenvalue weighted by Gasteiger charge is -2.14. The smallest absolute Gasteiger partial charge is 0.272 e. The van der Waals surface area contributed by atoms with Crippen LogP contribution in [-0.2, 0) is 13.0 Å². The van der Waals surface area contributed by atoms with Gasteiger partial charge in [0.15, 0.2) is 5.82 Å². The van der Waals surface area contributed by atoms with Gasteiger partial charge in [0.25, 0.3) is 5.91 Å². The topological polar surface area (TPSA) is 77.1 Å². The number of nitrogens with one attached hydrogen (secondary N) is 1. The number of nitrogens with zero attached hydrogens (tertiary/aromatic N) is 5. The van der Waals surface area contributed by atoms with Crippen LogP contribution in [0.3, 0.4) is 0 Å². The van der Waals surface area contributed by atoms with Crippen molar-refractivity contribution in [2.24, 2.45) is 0 Å². The van der Waals surface area contributed by atoms with E-state index in [9.17, 15) is 4.79 Å². The third-order valence-corrected chi connectivity index (χ3v) is 4.47.